The molecule has 2 rings (SSSR count). The molecule has 2 aromatic rings. The molecule has 3 nitrogen and oxygen atoms in total. The maximum absolute atomic E-state index is 11.3. The third-order valence-electron chi connectivity index (χ3n) is 2.71. The van der Waals surface area contributed by atoms with Crippen LogP contribution >= 0.6 is 15.9 Å². The zero-order valence-electron chi connectivity index (χ0n) is 9.58. The van der Waals surface area contributed by atoms with Crippen LogP contribution in [0.5, 0.6) is 0 Å². The van der Waals surface area contributed by atoms with Crippen LogP contribution < -0.4 is 0 Å². The second kappa shape index (κ2) is 5.78. The Morgan fingerprint density at radius 1 is 1.33 bits per heavy atom. The number of aromatic nitrogens is 1. The number of carboxylic acid groups (broad SMARTS) is 1. The Labute approximate surface area is 114 Å². The SMILES string of the molecule is O=C(O)C(Cc1cccc(Br)c1)c1cccnc1. The van der Waals surface area contributed by atoms with Gasteiger partial charge in [-0.2, -0.15) is 0 Å². The van der Waals surface area contributed by atoms with E-state index in [1.165, 1.54) is 0 Å². The maximum Gasteiger partial charge on any atom is 0.311 e. The quantitative estimate of drug-likeness (QED) is 0.943. The number of nitrogens with zero attached hydrogens (tertiary/aromatic N) is 1. The number of hydrogen-bond acceptors (Lipinski definition) is 2. The second-order valence-electron chi connectivity index (χ2n) is 4.01. The first kappa shape index (κ1) is 12.8. The Bertz CT molecular complexity index is 543. The van der Waals surface area contributed by atoms with Crippen molar-refractivity contribution in [1.29, 1.82) is 0 Å². The molecule has 0 saturated heterocycles. The molecular weight excluding hydrogens is 294 g/mol. The highest BCUT2D eigenvalue weighted by molar-refractivity contribution is 9.10. The minimum Gasteiger partial charge on any atom is -0.481 e. The van der Waals surface area contributed by atoms with Gasteiger partial charge in [0, 0.05) is 16.9 Å². The van der Waals surface area contributed by atoms with Gasteiger partial charge in [-0.25, -0.2) is 0 Å². The fourth-order valence-corrected chi connectivity index (χ4v) is 2.28. The molecule has 18 heavy (non-hydrogen) atoms. The van der Waals surface area contributed by atoms with Gasteiger partial charge in [0.25, 0.3) is 0 Å². The highest BCUT2D eigenvalue weighted by atomic mass is 79.9. The van der Waals surface area contributed by atoms with Crippen LogP contribution in [-0.2, 0) is 11.2 Å². The molecule has 0 radical (unpaired) electrons. The van der Waals surface area contributed by atoms with Crippen molar-refractivity contribution >= 4 is 21.9 Å². The number of hydrogen-bond donors (Lipinski definition) is 1. The van der Waals surface area contributed by atoms with Crippen molar-refractivity contribution in [2.24, 2.45) is 0 Å². The van der Waals surface area contributed by atoms with Gasteiger partial charge in [-0.3, -0.25) is 9.78 Å². The van der Waals surface area contributed by atoms with Crippen molar-refractivity contribution in [3.8, 4) is 0 Å². The topological polar surface area (TPSA) is 50.2 Å². The van der Waals surface area contributed by atoms with E-state index in [-0.39, 0.29) is 0 Å². The fraction of sp³-hybridized carbons (Fsp3) is 0.143. The molecule has 0 aliphatic carbocycles. The summed E-state index contributed by atoms with van der Waals surface area (Å²) in [4.78, 5) is 15.3. The number of rotatable bonds is 4. The molecule has 1 heterocycles. The molecule has 92 valence electrons. The molecular formula is C14H12BrNO2. The van der Waals surface area contributed by atoms with Gasteiger partial charge in [0.05, 0.1) is 5.92 Å². The van der Waals surface area contributed by atoms with E-state index in [1.807, 2.05) is 24.3 Å². The zero-order valence-corrected chi connectivity index (χ0v) is 11.2. The first-order chi connectivity index (χ1) is 8.66. The first-order valence-corrected chi connectivity index (χ1v) is 6.33. The minimum absolute atomic E-state index is 0.459. The van der Waals surface area contributed by atoms with Gasteiger partial charge in [0.15, 0.2) is 0 Å². The van der Waals surface area contributed by atoms with Gasteiger partial charge < -0.3 is 5.11 Å². The van der Waals surface area contributed by atoms with E-state index in [1.54, 1.807) is 24.5 Å². The van der Waals surface area contributed by atoms with E-state index >= 15 is 0 Å². The Balaban J connectivity index is 2.25. The van der Waals surface area contributed by atoms with E-state index in [0.29, 0.717) is 6.42 Å². The smallest absolute Gasteiger partial charge is 0.311 e. The number of aliphatic carboxylic acids is 1. The molecule has 4 heteroatoms. The van der Waals surface area contributed by atoms with Crippen LogP contribution in [0, 0.1) is 0 Å². The molecule has 1 unspecified atom stereocenters. The first-order valence-electron chi connectivity index (χ1n) is 5.54. The lowest BCUT2D eigenvalue weighted by Gasteiger charge is -2.12. The van der Waals surface area contributed by atoms with Gasteiger partial charge in [-0.15, -0.1) is 0 Å². The summed E-state index contributed by atoms with van der Waals surface area (Å²) in [7, 11) is 0. The average Bonchev–Trinajstić information content (AvgIpc) is 2.37. The van der Waals surface area contributed by atoms with Crippen molar-refractivity contribution < 1.29 is 9.90 Å². The molecule has 0 fully saturated rings. The fourth-order valence-electron chi connectivity index (χ4n) is 1.83. The largest absolute Gasteiger partial charge is 0.481 e. The molecule has 0 aliphatic heterocycles. The third-order valence-corrected chi connectivity index (χ3v) is 3.21. The predicted molar refractivity (Wildman–Crippen MR) is 72.5 cm³/mol. The lowest BCUT2D eigenvalue weighted by Crippen LogP contribution is -2.14. The number of pyridine rings is 1. The standard InChI is InChI=1S/C14H12BrNO2/c15-12-5-1-3-10(7-12)8-13(14(17)18)11-4-2-6-16-9-11/h1-7,9,13H,8H2,(H,17,18). The molecule has 1 aromatic heterocycles. The number of carbonyl (C=O) groups is 1. The number of benzene rings is 1. The summed E-state index contributed by atoms with van der Waals surface area (Å²) >= 11 is 3.39. The predicted octanol–water partition coefficient (Wildman–Crippen LogP) is 3.26. The van der Waals surface area contributed by atoms with Crippen molar-refractivity contribution in [2.75, 3.05) is 0 Å². The van der Waals surface area contributed by atoms with E-state index in [4.69, 9.17) is 0 Å². The van der Waals surface area contributed by atoms with Crippen molar-refractivity contribution in [1.82, 2.24) is 4.98 Å². The molecule has 0 bridgehead atoms. The van der Waals surface area contributed by atoms with E-state index in [0.717, 1.165) is 15.6 Å². The van der Waals surface area contributed by atoms with Crippen molar-refractivity contribution in [3.05, 3.63) is 64.4 Å². The summed E-state index contributed by atoms with van der Waals surface area (Å²) in [5.41, 5.74) is 1.71. The van der Waals surface area contributed by atoms with E-state index < -0.39 is 11.9 Å². The van der Waals surface area contributed by atoms with Crippen LogP contribution in [-0.4, -0.2) is 16.1 Å². The van der Waals surface area contributed by atoms with Crippen LogP contribution in [0.2, 0.25) is 0 Å². The van der Waals surface area contributed by atoms with Crippen LogP contribution in [0.3, 0.4) is 0 Å². The molecule has 0 aliphatic rings. The Kier molecular flexibility index (Phi) is 4.10. The molecule has 1 N–H and O–H groups in total. The van der Waals surface area contributed by atoms with Gasteiger partial charge in [-0.1, -0.05) is 34.1 Å². The Hall–Kier alpha value is -1.68. The highest BCUT2D eigenvalue weighted by Crippen LogP contribution is 2.22. The minimum atomic E-state index is -0.831. The molecule has 0 spiro atoms. The zero-order chi connectivity index (χ0) is 13.0. The molecule has 1 aromatic carbocycles. The lowest BCUT2D eigenvalue weighted by atomic mass is 9.93. The second-order valence-corrected chi connectivity index (χ2v) is 4.93. The van der Waals surface area contributed by atoms with Crippen LogP contribution in [0.25, 0.3) is 0 Å². The summed E-state index contributed by atoms with van der Waals surface area (Å²) in [6.07, 6.45) is 3.71. The summed E-state index contributed by atoms with van der Waals surface area (Å²) < 4.78 is 0.954. The van der Waals surface area contributed by atoms with Gasteiger partial charge in [-0.05, 0) is 35.7 Å². The van der Waals surface area contributed by atoms with Crippen molar-refractivity contribution in [3.63, 3.8) is 0 Å². The summed E-state index contributed by atoms with van der Waals surface area (Å²) in [6, 6.07) is 11.2. The Morgan fingerprint density at radius 3 is 2.78 bits per heavy atom. The normalized spacial score (nSPS) is 12.1. The average molecular weight is 306 g/mol. The molecule has 0 amide bonds. The summed E-state index contributed by atoms with van der Waals surface area (Å²) in [5, 5.41) is 9.32. The van der Waals surface area contributed by atoms with Crippen LogP contribution in [0.4, 0.5) is 0 Å². The van der Waals surface area contributed by atoms with Gasteiger partial charge in [0.2, 0.25) is 0 Å². The number of halogens is 1. The van der Waals surface area contributed by atoms with Gasteiger partial charge in [0.1, 0.15) is 0 Å². The summed E-state index contributed by atoms with van der Waals surface area (Å²) in [5.74, 6) is -1.39. The van der Waals surface area contributed by atoms with Gasteiger partial charge >= 0.3 is 5.97 Å². The lowest BCUT2D eigenvalue weighted by molar-refractivity contribution is -0.138. The third kappa shape index (κ3) is 3.17. The monoisotopic (exact) mass is 305 g/mol. The molecule has 1 atom stereocenters. The maximum atomic E-state index is 11.3. The Morgan fingerprint density at radius 2 is 2.17 bits per heavy atom. The summed E-state index contributed by atoms with van der Waals surface area (Å²) in [6.45, 7) is 0. The van der Waals surface area contributed by atoms with Crippen LogP contribution in [0.1, 0.15) is 17.0 Å². The molecule has 0 saturated carbocycles. The van der Waals surface area contributed by atoms with Crippen LogP contribution in [0.15, 0.2) is 53.3 Å². The van der Waals surface area contributed by atoms with E-state index in [9.17, 15) is 9.90 Å². The van der Waals surface area contributed by atoms with E-state index in [2.05, 4.69) is 20.9 Å². The van der Waals surface area contributed by atoms with Crippen molar-refractivity contribution in [2.45, 2.75) is 12.3 Å². The number of carboxylic acids is 1. The highest BCUT2D eigenvalue weighted by Gasteiger charge is 2.20.